The van der Waals surface area contributed by atoms with E-state index in [1.807, 2.05) is 35.9 Å². The number of amides is 2. The zero-order valence-corrected chi connectivity index (χ0v) is 18.2. The van der Waals surface area contributed by atoms with Crippen LogP contribution in [0, 0.1) is 0 Å². The molecule has 3 rings (SSSR count). The predicted molar refractivity (Wildman–Crippen MR) is 120 cm³/mol. The second-order valence-electron chi connectivity index (χ2n) is 7.28. The zero-order valence-electron chi connectivity index (χ0n) is 17.4. The second kappa shape index (κ2) is 10.3. The number of rotatable bonds is 9. The summed E-state index contributed by atoms with van der Waals surface area (Å²) in [6.45, 7) is 3.51. The molecule has 1 heterocycles. The average molecular weight is 427 g/mol. The van der Waals surface area contributed by atoms with E-state index in [1.165, 1.54) is 0 Å². The first-order valence-corrected chi connectivity index (χ1v) is 10.6. The minimum atomic E-state index is -0.162. The van der Waals surface area contributed by atoms with E-state index in [2.05, 4.69) is 12.2 Å². The third-order valence-electron chi connectivity index (χ3n) is 5.04. The van der Waals surface area contributed by atoms with Gasteiger partial charge in [0.2, 0.25) is 5.91 Å². The molecule has 7 heteroatoms. The van der Waals surface area contributed by atoms with Crippen LogP contribution in [0.2, 0.25) is 5.02 Å². The SMILES string of the molecule is CCCCN(C)C(=O)Cn1c(CCNC(=O)c2ccc(Cl)cc2)nc2ccccc21. The van der Waals surface area contributed by atoms with Gasteiger partial charge in [0.15, 0.2) is 0 Å². The van der Waals surface area contributed by atoms with Crippen molar-refractivity contribution in [3.8, 4) is 0 Å². The number of hydrogen-bond donors (Lipinski definition) is 1. The summed E-state index contributed by atoms with van der Waals surface area (Å²) in [5.74, 6) is 0.674. The van der Waals surface area contributed by atoms with Gasteiger partial charge in [-0.15, -0.1) is 0 Å². The molecule has 2 aromatic carbocycles. The first-order valence-electron chi connectivity index (χ1n) is 10.2. The summed E-state index contributed by atoms with van der Waals surface area (Å²) in [4.78, 5) is 31.5. The molecule has 30 heavy (non-hydrogen) atoms. The van der Waals surface area contributed by atoms with Gasteiger partial charge in [-0.1, -0.05) is 37.1 Å². The number of nitrogens with zero attached hydrogens (tertiary/aromatic N) is 3. The van der Waals surface area contributed by atoms with Crippen LogP contribution in [0.1, 0.15) is 35.9 Å². The van der Waals surface area contributed by atoms with Crippen LogP contribution in [0.5, 0.6) is 0 Å². The number of aromatic nitrogens is 2. The van der Waals surface area contributed by atoms with Crippen LogP contribution in [-0.2, 0) is 17.8 Å². The van der Waals surface area contributed by atoms with E-state index < -0.39 is 0 Å². The van der Waals surface area contributed by atoms with Crippen molar-refractivity contribution in [2.75, 3.05) is 20.1 Å². The standard InChI is InChI=1S/C23H27ClN4O2/c1-3-4-15-27(2)22(29)16-28-20-8-6-5-7-19(20)26-21(28)13-14-25-23(30)17-9-11-18(24)12-10-17/h5-12H,3-4,13-16H2,1-2H3,(H,25,30). The van der Waals surface area contributed by atoms with Gasteiger partial charge >= 0.3 is 0 Å². The molecule has 1 aromatic heterocycles. The summed E-state index contributed by atoms with van der Waals surface area (Å²) in [5.41, 5.74) is 2.33. The Kier molecular flexibility index (Phi) is 7.46. The average Bonchev–Trinajstić information content (AvgIpc) is 3.09. The molecule has 0 aliphatic heterocycles. The van der Waals surface area contributed by atoms with Crippen molar-refractivity contribution in [1.29, 1.82) is 0 Å². The minimum Gasteiger partial charge on any atom is -0.352 e. The Labute approximate surface area is 181 Å². The summed E-state index contributed by atoms with van der Waals surface area (Å²) in [6, 6.07) is 14.5. The lowest BCUT2D eigenvalue weighted by molar-refractivity contribution is -0.130. The van der Waals surface area contributed by atoms with Crippen LogP contribution in [0.25, 0.3) is 11.0 Å². The first kappa shape index (κ1) is 21.8. The maximum absolute atomic E-state index is 12.7. The molecule has 1 N–H and O–H groups in total. The highest BCUT2D eigenvalue weighted by Gasteiger charge is 2.16. The Balaban J connectivity index is 1.70. The van der Waals surface area contributed by atoms with E-state index in [9.17, 15) is 9.59 Å². The monoisotopic (exact) mass is 426 g/mol. The molecule has 0 saturated heterocycles. The number of nitrogens with one attached hydrogen (secondary N) is 1. The van der Waals surface area contributed by atoms with Crippen LogP contribution in [-0.4, -0.2) is 46.4 Å². The van der Waals surface area contributed by atoms with Gasteiger partial charge in [-0.05, 0) is 42.8 Å². The van der Waals surface area contributed by atoms with Crippen LogP contribution in [0.3, 0.4) is 0 Å². The van der Waals surface area contributed by atoms with Crippen LogP contribution >= 0.6 is 11.6 Å². The van der Waals surface area contributed by atoms with Gasteiger partial charge in [-0.3, -0.25) is 9.59 Å². The van der Waals surface area contributed by atoms with Gasteiger partial charge in [-0.25, -0.2) is 4.98 Å². The highest BCUT2D eigenvalue weighted by molar-refractivity contribution is 6.30. The van der Waals surface area contributed by atoms with Gasteiger partial charge in [0.1, 0.15) is 12.4 Å². The molecule has 158 valence electrons. The molecule has 0 atom stereocenters. The molecule has 2 amide bonds. The molecule has 0 unspecified atom stereocenters. The Morgan fingerprint density at radius 3 is 2.60 bits per heavy atom. The fourth-order valence-electron chi connectivity index (χ4n) is 3.26. The Hall–Kier alpha value is -2.86. The molecular formula is C23H27ClN4O2. The Morgan fingerprint density at radius 2 is 1.87 bits per heavy atom. The molecule has 0 saturated carbocycles. The second-order valence-corrected chi connectivity index (χ2v) is 7.72. The molecule has 0 fully saturated rings. The number of halogens is 1. The summed E-state index contributed by atoms with van der Waals surface area (Å²) in [5, 5.41) is 3.50. The van der Waals surface area contributed by atoms with Crippen molar-refractivity contribution in [2.45, 2.75) is 32.7 Å². The number of para-hydroxylation sites is 2. The van der Waals surface area contributed by atoms with Gasteiger partial charge in [0.25, 0.3) is 5.91 Å². The number of carbonyl (C=O) groups excluding carboxylic acids is 2. The maximum Gasteiger partial charge on any atom is 0.251 e. The van der Waals surface area contributed by atoms with Crippen LogP contribution in [0.4, 0.5) is 0 Å². The summed E-state index contributed by atoms with van der Waals surface area (Å²) >= 11 is 5.87. The summed E-state index contributed by atoms with van der Waals surface area (Å²) < 4.78 is 1.95. The third-order valence-corrected chi connectivity index (χ3v) is 5.29. The molecule has 0 bridgehead atoms. The van der Waals surface area contributed by atoms with Crippen molar-refractivity contribution in [1.82, 2.24) is 19.8 Å². The Morgan fingerprint density at radius 1 is 1.13 bits per heavy atom. The lowest BCUT2D eigenvalue weighted by Crippen LogP contribution is -2.32. The van der Waals surface area contributed by atoms with E-state index in [-0.39, 0.29) is 18.4 Å². The highest BCUT2D eigenvalue weighted by Crippen LogP contribution is 2.17. The number of fused-ring (bicyclic) bond motifs is 1. The number of carbonyl (C=O) groups is 2. The molecular weight excluding hydrogens is 400 g/mol. The van der Waals surface area contributed by atoms with Gasteiger partial charge in [0, 0.05) is 37.1 Å². The Bertz CT molecular complexity index is 1010. The normalized spacial score (nSPS) is 10.9. The van der Waals surface area contributed by atoms with Crippen molar-refractivity contribution >= 4 is 34.4 Å². The molecule has 0 aliphatic carbocycles. The number of hydrogen-bond acceptors (Lipinski definition) is 3. The van der Waals surface area contributed by atoms with E-state index in [4.69, 9.17) is 16.6 Å². The van der Waals surface area contributed by atoms with E-state index in [1.54, 1.807) is 29.2 Å². The predicted octanol–water partition coefficient (Wildman–Crippen LogP) is 3.92. The number of likely N-dealkylation sites (N-methyl/N-ethyl adjacent to an activating group) is 1. The highest BCUT2D eigenvalue weighted by atomic mass is 35.5. The third kappa shape index (κ3) is 5.39. The lowest BCUT2D eigenvalue weighted by Gasteiger charge is -2.18. The lowest BCUT2D eigenvalue weighted by atomic mass is 10.2. The first-order chi connectivity index (χ1) is 14.5. The maximum atomic E-state index is 12.7. The van der Waals surface area contributed by atoms with Crippen LogP contribution < -0.4 is 5.32 Å². The quantitative estimate of drug-likeness (QED) is 0.563. The number of unbranched alkanes of at least 4 members (excludes halogenated alkanes) is 1. The molecule has 0 radical (unpaired) electrons. The summed E-state index contributed by atoms with van der Waals surface area (Å²) in [7, 11) is 1.84. The van der Waals surface area contributed by atoms with Crippen LogP contribution in [0.15, 0.2) is 48.5 Å². The van der Waals surface area contributed by atoms with Crippen molar-refractivity contribution in [2.24, 2.45) is 0 Å². The number of imidazole rings is 1. The van der Waals surface area contributed by atoms with E-state index in [0.717, 1.165) is 36.2 Å². The van der Waals surface area contributed by atoms with Gasteiger partial charge < -0.3 is 14.8 Å². The topological polar surface area (TPSA) is 67.2 Å². The van der Waals surface area contributed by atoms with Crippen molar-refractivity contribution < 1.29 is 9.59 Å². The van der Waals surface area contributed by atoms with Crippen molar-refractivity contribution in [3.63, 3.8) is 0 Å². The fraction of sp³-hybridized carbons (Fsp3) is 0.348. The van der Waals surface area contributed by atoms with Gasteiger partial charge in [0.05, 0.1) is 11.0 Å². The van der Waals surface area contributed by atoms with Crippen molar-refractivity contribution in [3.05, 3.63) is 64.9 Å². The smallest absolute Gasteiger partial charge is 0.251 e. The van der Waals surface area contributed by atoms with E-state index >= 15 is 0 Å². The summed E-state index contributed by atoms with van der Waals surface area (Å²) in [6.07, 6.45) is 2.56. The largest absolute Gasteiger partial charge is 0.352 e. The minimum absolute atomic E-state index is 0.0538. The van der Waals surface area contributed by atoms with E-state index in [0.29, 0.717) is 23.6 Å². The number of benzene rings is 2. The molecule has 6 nitrogen and oxygen atoms in total. The molecule has 0 aliphatic rings. The zero-order chi connectivity index (χ0) is 21.5. The fourth-order valence-corrected chi connectivity index (χ4v) is 3.39. The van der Waals surface area contributed by atoms with Gasteiger partial charge in [-0.2, -0.15) is 0 Å². The molecule has 0 spiro atoms. The molecule has 3 aromatic rings.